The van der Waals surface area contributed by atoms with Crippen molar-refractivity contribution in [3.63, 3.8) is 0 Å². The molecule has 4 aromatic rings. The van der Waals surface area contributed by atoms with Gasteiger partial charge in [0.05, 0.1) is 90.7 Å². The second kappa shape index (κ2) is 19.7. The van der Waals surface area contributed by atoms with Crippen LogP contribution in [0, 0.1) is 0 Å². The van der Waals surface area contributed by atoms with Gasteiger partial charge in [0.25, 0.3) is 0 Å². The third-order valence-corrected chi connectivity index (χ3v) is 12.2. The number of pyridine rings is 4. The smallest absolute Gasteiger partial charge is 0.0753 e. The Bertz CT molecular complexity index is 2480. The number of rotatable bonds is 16. The summed E-state index contributed by atoms with van der Waals surface area (Å²) >= 11 is 0. The van der Waals surface area contributed by atoms with Crippen LogP contribution in [-0.4, -0.2) is 42.8 Å². The van der Waals surface area contributed by atoms with Gasteiger partial charge in [-0.2, -0.15) is 0 Å². The van der Waals surface area contributed by atoms with E-state index in [4.69, 9.17) is 39.9 Å². The normalized spacial score (nSPS) is 16.4. The summed E-state index contributed by atoms with van der Waals surface area (Å²) in [6.45, 7) is 8.91. The maximum atomic E-state index is 5.47. The minimum atomic E-state index is 0.786. The highest BCUT2D eigenvalue weighted by Crippen LogP contribution is 2.38. The van der Waals surface area contributed by atoms with Gasteiger partial charge in [-0.25, -0.2) is 20.0 Å². The predicted octanol–water partition coefficient (Wildman–Crippen LogP) is 12.6. The summed E-state index contributed by atoms with van der Waals surface area (Å²) < 4.78 is 0. The Balaban J connectivity index is 1.32. The van der Waals surface area contributed by atoms with Crippen LogP contribution in [0.15, 0.2) is 165 Å². The van der Waals surface area contributed by atoms with Gasteiger partial charge >= 0.3 is 0 Å². The highest BCUT2D eigenvalue weighted by atomic mass is 14.9. The van der Waals surface area contributed by atoms with Gasteiger partial charge in [-0.15, -0.1) is 0 Å². The fourth-order valence-corrected chi connectivity index (χ4v) is 8.73. The first-order valence-electron chi connectivity index (χ1n) is 23.4. The van der Waals surface area contributed by atoms with E-state index < -0.39 is 0 Å². The number of aliphatic imine (C=N–C) groups is 4. The summed E-state index contributed by atoms with van der Waals surface area (Å²) in [7, 11) is 0. The van der Waals surface area contributed by atoms with Gasteiger partial charge in [-0.3, -0.25) is 19.9 Å². The molecule has 0 amide bonds. The molecule has 9 rings (SSSR count). The fourth-order valence-electron chi connectivity index (χ4n) is 8.73. The van der Waals surface area contributed by atoms with E-state index in [1.165, 1.54) is 22.3 Å². The van der Waals surface area contributed by atoms with Crippen molar-refractivity contribution in [2.24, 2.45) is 20.0 Å². The maximum absolute atomic E-state index is 5.47. The first kappa shape index (κ1) is 42.5. The number of aryl methyl sites for hydroxylation is 4. The van der Waals surface area contributed by atoms with Crippen molar-refractivity contribution in [3.05, 3.63) is 190 Å². The molecule has 0 fully saturated rings. The van der Waals surface area contributed by atoms with Crippen molar-refractivity contribution < 1.29 is 0 Å². The molecule has 8 heteroatoms. The molecule has 0 saturated heterocycles. The summed E-state index contributed by atoms with van der Waals surface area (Å²) in [4.78, 5) is 41.9. The van der Waals surface area contributed by atoms with E-state index in [1.807, 2.05) is 24.8 Å². The fraction of sp³-hybridized carbons (Fsp3) is 0.286. The number of fused-ring (bicyclic) bond motifs is 4. The number of unbranched alkanes of at least 4 members (excludes halogenated alkanes) is 4. The number of hydrogen-bond acceptors (Lipinski definition) is 8. The molecule has 0 aromatic carbocycles. The lowest BCUT2D eigenvalue weighted by molar-refractivity contribution is 0.793. The van der Waals surface area contributed by atoms with Crippen LogP contribution in [0.5, 0.6) is 0 Å². The topological polar surface area (TPSA) is 101 Å². The summed E-state index contributed by atoms with van der Waals surface area (Å²) in [6.07, 6.45) is 37.2. The van der Waals surface area contributed by atoms with E-state index in [1.54, 1.807) is 0 Å². The first-order valence-corrected chi connectivity index (χ1v) is 23.4. The summed E-state index contributed by atoms with van der Waals surface area (Å²) in [5, 5.41) is 0. The van der Waals surface area contributed by atoms with Crippen molar-refractivity contribution in [1.29, 1.82) is 0 Å². The van der Waals surface area contributed by atoms with Crippen LogP contribution >= 0.6 is 0 Å². The zero-order valence-corrected chi connectivity index (χ0v) is 37.6. The lowest BCUT2D eigenvalue weighted by Crippen LogP contribution is -2.06. The first-order chi connectivity index (χ1) is 31.5. The van der Waals surface area contributed by atoms with E-state index in [-0.39, 0.29) is 0 Å². The van der Waals surface area contributed by atoms with E-state index >= 15 is 0 Å². The maximum Gasteiger partial charge on any atom is 0.0753 e. The molecule has 5 aliphatic heterocycles. The van der Waals surface area contributed by atoms with Gasteiger partial charge in [0, 0.05) is 24.8 Å². The molecule has 5 aliphatic rings. The van der Waals surface area contributed by atoms with Gasteiger partial charge in [0.15, 0.2) is 0 Å². The second-order valence-corrected chi connectivity index (χ2v) is 17.0. The average Bonchev–Trinajstić information content (AvgIpc) is 4.18. The Hall–Kier alpha value is -6.80. The number of allylic oxidation sites excluding steroid dienone is 12. The van der Waals surface area contributed by atoms with Crippen LogP contribution in [0.1, 0.15) is 124 Å². The lowest BCUT2D eigenvalue weighted by Gasteiger charge is -2.13. The van der Waals surface area contributed by atoms with Crippen molar-refractivity contribution in [2.75, 3.05) is 0 Å². The van der Waals surface area contributed by atoms with Gasteiger partial charge in [-0.1, -0.05) is 53.4 Å². The molecule has 0 saturated carbocycles. The molecule has 0 unspecified atom stereocenters. The van der Waals surface area contributed by atoms with Crippen LogP contribution in [-0.2, 0) is 25.7 Å². The zero-order valence-electron chi connectivity index (χ0n) is 37.6. The standard InChI is InChI=1S/C56H56N8/c1-5-9-13-37-25-29-57-49(33-37)53-41-17-19-43(61-41)54(50-34-38(14-10-6-2)26-30-58-50)45-21-23-47(63-45)56(52-36-40(16-12-8-4)28-32-60-52)48-24-22-46(64-48)55(44-20-18-42(53)62-44)51-35-39(15-11-7-3)27-31-59-51/h17-36H,5-16H2,1-4H3. The Kier molecular flexibility index (Phi) is 13.1. The number of nitrogens with zero attached hydrogens (tertiary/aromatic N) is 8. The van der Waals surface area contributed by atoms with Crippen LogP contribution in [0.25, 0.3) is 22.3 Å². The molecule has 8 nitrogen and oxygen atoms in total. The van der Waals surface area contributed by atoms with Crippen molar-refractivity contribution in [1.82, 2.24) is 19.9 Å². The van der Waals surface area contributed by atoms with E-state index in [0.29, 0.717) is 0 Å². The molecule has 9 heterocycles. The quantitative estimate of drug-likeness (QED) is 0.112. The monoisotopic (exact) mass is 840 g/mol. The molecule has 0 radical (unpaired) electrons. The van der Waals surface area contributed by atoms with Crippen LogP contribution in [0.4, 0.5) is 0 Å². The summed E-state index contributed by atoms with van der Waals surface area (Å²) in [6, 6.07) is 17.3. The van der Waals surface area contributed by atoms with Gasteiger partial charge in [0.2, 0.25) is 0 Å². The van der Waals surface area contributed by atoms with Crippen LogP contribution in [0.3, 0.4) is 0 Å². The Morgan fingerprint density at radius 1 is 0.312 bits per heavy atom. The molecule has 64 heavy (non-hydrogen) atoms. The van der Waals surface area contributed by atoms with Crippen LogP contribution < -0.4 is 0 Å². The Morgan fingerprint density at radius 3 is 0.766 bits per heavy atom. The second-order valence-electron chi connectivity index (χ2n) is 17.0. The highest BCUT2D eigenvalue weighted by Gasteiger charge is 2.29. The summed E-state index contributed by atoms with van der Waals surface area (Å²) in [5.41, 5.74) is 18.1. The SMILES string of the molecule is CCCCc1ccnc(C2=C3C=CC(=N3)C(c3cc(CCCC)ccn3)=C3C=CC(=N3)C(c3cc(CCCC)ccn3)=C3C=CC(=N3)C(c3cc(CCCC)ccn3)=C3C=CC2=N3)c1. The largest absolute Gasteiger partial charge is 0.256 e. The zero-order chi connectivity index (χ0) is 43.8. The molecular weight excluding hydrogens is 785 g/mol. The Morgan fingerprint density at radius 2 is 0.547 bits per heavy atom. The Labute approximate surface area is 378 Å². The predicted molar refractivity (Wildman–Crippen MR) is 265 cm³/mol. The molecule has 0 spiro atoms. The molecule has 0 N–H and O–H groups in total. The molecular formula is C56H56N8. The van der Waals surface area contributed by atoms with Gasteiger partial charge in [0.1, 0.15) is 0 Å². The van der Waals surface area contributed by atoms with Crippen molar-refractivity contribution in [3.8, 4) is 0 Å². The third-order valence-electron chi connectivity index (χ3n) is 12.2. The summed E-state index contributed by atoms with van der Waals surface area (Å²) in [5.74, 6) is 0. The molecule has 320 valence electrons. The minimum absolute atomic E-state index is 0.786. The molecule has 0 atom stereocenters. The molecule has 4 aromatic heterocycles. The van der Waals surface area contributed by atoms with Crippen LogP contribution in [0.2, 0.25) is 0 Å². The van der Waals surface area contributed by atoms with Crippen molar-refractivity contribution in [2.45, 2.75) is 105 Å². The van der Waals surface area contributed by atoms with E-state index in [0.717, 1.165) is 168 Å². The molecule has 0 aliphatic carbocycles. The van der Waals surface area contributed by atoms with E-state index in [9.17, 15) is 0 Å². The number of aromatic nitrogens is 4. The van der Waals surface area contributed by atoms with E-state index in [2.05, 4.69) is 125 Å². The van der Waals surface area contributed by atoms with Gasteiger partial charge in [-0.05, 0) is 171 Å². The molecule has 8 bridgehead atoms. The highest BCUT2D eigenvalue weighted by molar-refractivity contribution is 6.39. The van der Waals surface area contributed by atoms with Gasteiger partial charge < -0.3 is 0 Å². The average molecular weight is 841 g/mol. The number of hydrogen-bond donors (Lipinski definition) is 0. The lowest BCUT2D eigenvalue weighted by atomic mass is 10.00. The third kappa shape index (κ3) is 9.14. The minimum Gasteiger partial charge on any atom is -0.256 e. The van der Waals surface area contributed by atoms with Crippen molar-refractivity contribution >= 4 is 45.1 Å².